The smallest absolute Gasteiger partial charge is 0.191 e. The van der Waals surface area contributed by atoms with Gasteiger partial charge in [-0.1, -0.05) is 23.8 Å². The van der Waals surface area contributed by atoms with Crippen molar-refractivity contribution in [2.75, 3.05) is 0 Å². The Bertz CT molecular complexity index is 392. The van der Waals surface area contributed by atoms with Crippen LogP contribution in [0.4, 0.5) is 0 Å². The number of rotatable bonds is 3. The van der Waals surface area contributed by atoms with Crippen LogP contribution in [0.2, 0.25) is 0 Å². The van der Waals surface area contributed by atoms with Crippen LogP contribution in [0.1, 0.15) is 34.3 Å². The van der Waals surface area contributed by atoms with Crippen molar-refractivity contribution in [1.29, 1.82) is 0 Å². The Morgan fingerprint density at radius 2 is 2.07 bits per heavy atom. The second kappa shape index (κ2) is 3.78. The summed E-state index contributed by atoms with van der Waals surface area (Å²) >= 11 is 0. The highest BCUT2D eigenvalue weighted by Crippen LogP contribution is 2.34. The van der Waals surface area contributed by atoms with Crippen LogP contribution in [0.15, 0.2) is 18.2 Å². The van der Waals surface area contributed by atoms with Gasteiger partial charge in [-0.3, -0.25) is 4.79 Å². The topological polar surface area (TPSA) is 37.3 Å². The standard InChI is InChI=1S/C13H16O2/c1-8-3-6-11(9(2)7-8)13(15)12(14)10-4-5-10/h3,6-7,10,12,14H,4-5H2,1-2H3. The number of carbonyl (C=O) groups excluding carboxylic acids is 1. The van der Waals surface area contributed by atoms with Crippen LogP contribution in [-0.4, -0.2) is 17.0 Å². The number of aryl methyl sites for hydroxylation is 2. The molecule has 1 N–H and O–H groups in total. The minimum atomic E-state index is -0.786. The first-order chi connectivity index (χ1) is 7.09. The molecule has 0 saturated heterocycles. The van der Waals surface area contributed by atoms with Gasteiger partial charge in [-0.2, -0.15) is 0 Å². The van der Waals surface area contributed by atoms with Gasteiger partial charge in [0.15, 0.2) is 5.78 Å². The van der Waals surface area contributed by atoms with E-state index in [1.54, 1.807) is 0 Å². The predicted molar refractivity (Wildman–Crippen MR) is 59.0 cm³/mol. The Labute approximate surface area is 89.9 Å². The average Bonchev–Trinajstić information content (AvgIpc) is 2.99. The molecule has 2 heteroatoms. The molecule has 0 aliphatic heterocycles. The fourth-order valence-corrected chi connectivity index (χ4v) is 1.88. The Hall–Kier alpha value is -1.15. The van der Waals surface area contributed by atoms with Crippen molar-refractivity contribution in [3.8, 4) is 0 Å². The van der Waals surface area contributed by atoms with E-state index in [4.69, 9.17) is 0 Å². The van der Waals surface area contributed by atoms with E-state index in [1.165, 1.54) is 0 Å². The van der Waals surface area contributed by atoms with Crippen LogP contribution in [-0.2, 0) is 0 Å². The van der Waals surface area contributed by atoms with Crippen molar-refractivity contribution in [2.24, 2.45) is 5.92 Å². The van der Waals surface area contributed by atoms with E-state index >= 15 is 0 Å². The van der Waals surface area contributed by atoms with Crippen LogP contribution in [0.5, 0.6) is 0 Å². The van der Waals surface area contributed by atoms with Gasteiger partial charge in [-0.15, -0.1) is 0 Å². The molecule has 15 heavy (non-hydrogen) atoms. The molecule has 0 spiro atoms. The number of aliphatic hydroxyl groups is 1. The Morgan fingerprint density at radius 1 is 1.40 bits per heavy atom. The zero-order valence-electron chi connectivity index (χ0n) is 9.16. The van der Waals surface area contributed by atoms with E-state index in [2.05, 4.69) is 0 Å². The summed E-state index contributed by atoms with van der Waals surface area (Å²) in [4.78, 5) is 11.9. The van der Waals surface area contributed by atoms with Gasteiger partial charge < -0.3 is 5.11 Å². The van der Waals surface area contributed by atoms with Crippen molar-refractivity contribution in [2.45, 2.75) is 32.8 Å². The summed E-state index contributed by atoms with van der Waals surface area (Å²) < 4.78 is 0. The molecule has 0 radical (unpaired) electrons. The Kier molecular flexibility index (Phi) is 2.61. The predicted octanol–water partition coefficient (Wildman–Crippen LogP) is 2.26. The fourth-order valence-electron chi connectivity index (χ4n) is 1.88. The first-order valence-corrected chi connectivity index (χ1v) is 5.39. The third-order valence-electron chi connectivity index (χ3n) is 2.98. The lowest BCUT2D eigenvalue weighted by molar-refractivity contribution is 0.0703. The van der Waals surface area contributed by atoms with E-state index in [1.807, 2.05) is 32.0 Å². The first-order valence-electron chi connectivity index (χ1n) is 5.39. The lowest BCUT2D eigenvalue weighted by atomic mass is 9.97. The molecule has 1 aromatic carbocycles. The third-order valence-corrected chi connectivity index (χ3v) is 2.98. The summed E-state index contributed by atoms with van der Waals surface area (Å²) in [6.07, 6.45) is 1.18. The summed E-state index contributed by atoms with van der Waals surface area (Å²) in [6.45, 7) is 3.92. The second-order valence-electron chi connectivity index (χ2n) is 4.46. The zero-order valence-corrected chi connectivity index (χ0v) is 9.16. The Balaban J connectivity index is 2.24. The van der Waals surface area contributed by atoms with Crippen molar-refractivity contribution >= 4 is 5.78 Å². The largest absolute Gasteiger partial charge is 0.385 e. The number of hydrogen-bond acceptors (Lipinski definition) is 2. The van der Waals surface area contributed by atoms with E-state index in [9.17, 15) is 9.90 Å². The molecule has 0 heterocycles. The number of hydrogen-bond donors (Lipinski definition) is 1. The summed E-state index contributed by atoms with van der Waals surface area (Å²) in [5, 5.41) is 9.76. The second-order valence-corrected chi connectivity index (χ2v) is 4.46. The van der Waals surface area contributed by atoms with Crippen LogP contribution in [0, 0.1) is 19.8 Å². The van der Waals surface area contributed by atoms with Crippen LogP contribution in [0.3, 0.4) is 0 Å². The van der Waals surface area contributed by atoms with Crippen LogP contribution < -0.4 is 0 Å². The molecule has 0 aromatic heterocycles. The number of carbonyl (C=O) groups is 1. The molecule has 0 amide bonds. The summed E-state index contributed by atoms with van der Waals surface area (Å²) in [6, 6.07) is 5.71. The van der Waals surface area contributed by atoms with Crippen molar-refractivity contribution in [3.05, 3.63) is 34.9 Å². The fraction of sp³-hybridized carbons (Fsp3) is 0.462. The van der Waals surface area contributed by atoms with Gasteiger partial charge in [-0.25, -0.2) is 0 Å². The molecule has 1 aliphatic rings. The molecule has 2 nitrogen and oxygen atoms in total. The summed E-state index contributed by atoms with van der Waals surface area (Å²) in [5.74, 6) is 0.0909. The maximum Gasteiger partial charge on any atom is 0.191 e. The molecular weight excluding hydrogens is 188 g/mol. The normalized spacial score (nSPS) is 17.5. The SMILES string of the molecule is Cc1ccc(C(=O)C(O)C2CC2)c(C)c1. The molecule has 1 saturated carbocycles. The summed E-state index contributed by atoms with van der Waals surface area (Å²) in [5.41, 5.74) is 2.77. The Morgan fingerprint density at radius 3 is 2.60 bits per heavy atom. The van der Waals surface area contributed by atoms with Gasteiger partial charge >= 0.3 is 0 Å². The van der Waals surface area contributed by atoms with E-state index in [0.717, 1.165) is 24.0 Å². The molecule has 1 aromatic rings. The molecule has 80 valence electrons. The molecular formula is C13H16O2. The molecule has 2 rings (SSSR count). The van der Waals surface area contributed by atoms with Gasteiger partial charge in [0.1, 0.15) is 6.10 Å². The van der Waals surface area contributed by atoms with Crippen LogP contribution in [0.25, 0.3) is 0 Å². The third kappa shape index (κ3) is 2.10. The molecule has 1 fully saturated rings. The van der Waals surface area contributed by atoms with Gasteiger partial charge in [0.05, 0.1) is 0 Å². The van der Waals surface area contributed by atoms with Crippen molar-refractivity contribution in [3.63, 3.8) is 0 Å². The maximum absolute atomic E-state index is 11.9. The van der Waals surface area contributed by atoms with Gasteiger partial charge in [0, 0.05) is 5.56 Å². The van der Waals surface area contributed by atoms with Gasteiger partial charge in [0.2, 0.25) is 0 Å². The maximum atomic E-state index is 11.9. The van der Waals surface area contributed by atoms with Crippen molar-refractivity contribution in [1.82, 2.24) is 0 Å². The van der Waals surface area contributed by atoms with E-state index in [-0.39, 0.29) is 11.7 Å². The molecule has 1 unspecified atom stereocenters. The minimum absolute atomic E-state index is 0.116. The molecule has 1 aliphatic carbocycles. The lowest BCUT2D eigenvalue weighted by Gasteiger charge is -2.10. The van der Waals surface area contributed by atoms with E-state index < -0.39 is 6.10 Å². The number of Topliss-reactive ketones (excluding diaryl/α,β-unsaturated/α-hetero) is 1. The first kappa shape index (κ1) is 10.4. The average molecular weight is 204 g/mol. The minimum Gasteiger partial charge on any atom is -0.385 e. The highest BCUT2D eigenvalue weighted by molar-refractivity contribution is 6.00. The van der Waals surface area contributed by atoms with Crippen molar-refractivity contribution < 1.29 is 9.90 Å². The lowest BCUT2D eigenvalue weighted by Crippen LogP contribution is -2.23. The monoisotopic (exact) mass is 204 g/mol. The van der Waals surface area contributed by atoms with Gasteiger partial charge in [-0.05, 0) is 38.2 Å². The van der Waals surface area contributed by atoms with E-state index in [0.29, 0.717) is 5.56 Å². The molecule has 0 bridgehead atoms. The van der Waals surface area contributed by atoms with Crippen LogP contribution >= 0.6 is 0 Å². The number of aliphatic hydroxyl groups excluding tert-OH is 1. The number of ketones is 1. The number of benzene rings is 1. The molecule has 1 atom stereocenters. The highest BCUT2D eigenvalue weighted by Gasteiger charge is 2.35. The summed E-state index contributed by atoms with van der Waals surface area (Å²) in [7, 11) is 0. The highest BCUT2D eigenvalue weighted by atomic mass is 16.3. The quantitative estimate of drug-likeness (QED) is 0.767. The zero-order chi connectivity index (χ0) is 11.0. The van der Waals surface area contributed by atoms with Gasteiger partial charge in [0.25, 0.3) is 0 Å².